The maximum absolute atomic E-state index is 11.6. The summed E-state index contributed by atoms with van der Waals surface area (Å²) in [6.07, 6.45) is 3.54. The lowest BCUT2D eigenvalue weighted by Crippen LogP contribution is -2.31. The van der Waals surface area contributed by atoms with Gasteiger partial charge < -0.3 is 5.11 Å². The lowest BCUT2D eigenvalue weighted by molar-refractivity contribution is 0.0554. The first-order chi connectivity index (χ1) is 9.80. The van der Waals surface area contributed by atoms with E-state index in [1.54, 1.807) is 0 Å². The van der Waals surface area contributed by atoms with Crippen molar-refractivity contribution in [3.05, 3.63) is 70.8 Å². The molecule has 0 radical (unpaired) electrons. The van der Waals surface area contributed by atoms with Gasteiger partial charge in [0.1, 0.15) is 5.60 Å². The number of aliphatic hydroxyl groups is 1. The van der Waals surface area contributed by atoms with Crippen molar-refractivity contribution in [1.82, 2.24) is 0 Å². The Hall–Kier alpha value is -1.60. The normalized spacial score (nSPS) is 28.9. The molecule has 1 heteroatoms. The van der Waals surface area contributed by atoms with Crippen LogP contribution in [0, 0.1) is 5.92 Å². The molecule has 3 aliphatic carbocycles. The highest BCUT2D eigenvalue weighted by atomic mass is 16.3. The van der Waals surface area contributed by atoms with E-state index in [4.69, 9.17) is 0 Å². The zero-order chi connectivity index (χ0) is 13.3. The fourth-order valence-corrected chi connectivity index (χ4v) is 4.30. The predicted octanol–water partition coefficient (Wildman–Crippen LogP) is 3.92. The minimum absolute atomic E-state index is 0.405. The van der Waals surface area contributed by atoms with Crippen LogP contribution >= 0.6 is 0 Å². The number of hydrogen-bond acceptors (Lipinski definition) is 1. The first-order valence-electron chi connectivity index (χ1n) is 7.71. The summed E-state index contributed by atoms with van der Waals surface area (Å²) in [4.78, 5) is 0. The molecule has 0 aromatic heterocycles. The molecule has 2 atom stereocenters. The molecule has 0 spiro atoms. The summed E-state index contributed by atoms with van der Waals surface area (Å²) >= 11 is 0. The molecule has 2 aromatic carbocycles. The molecule has 20 heavy (non-hydrogen) atoms. The van der Waals surface area contributed by atoms with Crippen LogP contribution in [0.2, 0.25) is 0 Å². The molecule has 0 unspecified atom stereocenters. The van der Waals surface area contributed by atoms with Gasteiger partial charge in [-0.15, -0.1) is 0 Å². The van der Waals surface area contributed by atoms with Gasteiger partial charge in [-0.05, 0) is 59.3 Å². The van der Waals surface area contributed by atoms with Crippen LogP contribution in [0.4, 0.5) is 0 Å². The van der Waals surface area contributed by atoms with E-state index in [9.17, 15) is 5.11 Å². The third-order valence-electron chi connectivity index (χ3n) is 5.50. The zero-order valence-corrected chi connectivity index (χ0v) is 11.4. The number of benzene rings is 2. The van der Waals surface area contributed by atoms with Crippen molar-refractivity contribution in [2.45, 2.75) is 36.7 Å². The highest BCUT2D eigenvalue weighted by Gasteiger charge is 2.55. The summed E-state index contributed by atoms with van der Waals surface area (Å²) in [5.41, 5.74) is 4.40. The Kier molecular flexibility index (Phi) is 1.96. The Labute approximate surface area is 119 Å². The van der Waals surface area contributed by atoms with E-state index in [0.29, 0.717) is 17.8 Å². The van der Waals surface area contributed by atoms with E-state index < -0.39 is 5.60 Å². The van der Waals surface area contributed by atoms with Crippen molar-refractivity contribution in [2.24, 2.45) is 5.92 Å². The molecule has 3 aliphatic rings. The summed E-state index contributed by atoms with van der Waals surface area (Å²) in [6, 6.07) is 17.2. The molecule has 1 nitrogen and oxygen atoms in total. The Morgan fingerprint density at radius 1 is 0.800 bits per heavy atom. The lowest BCUT2D eigenvalue weighted by atomic mass is 9.78. The molecule has 0 bridgehead atoms. The number of fused-ring (bicyclic) bond motifs is 5. The standard InChI is InChI=1S/C19H18O/c20-19(12-9-10-12)17-7-3-1-5-13(17)15-11-16(15)14-6-2-4-8-18(14)19/h1-8,12,15-16,20H,9-11H2/t15-,16-/m0/s1. The second-order valence-corrected chi connectivity index (χ2v) is 6.66. The fraction of sp³-hybridized carbons (Fsp3) is 0.368. The first kappa shape index (κ1) is 11.1. The molecular formula is C19H18O. The summed E-state index contributed by atoms with van der Waals surface area (Å²) in [5.74, 6) is 1.66. The van der Waals surface area contributed by atoms with E-state index in [2.05, 4.69) is 48.5 Å². The van der Waals surface area contributed by atoms with Crippen LogP contribution < -0.4 is 0 Å². The summed E-state index contributed by atoms with van der Waals surface area (Å²) in [5, 5.41) is 11.6. The Morgan fingerprint density at radius 2 is 1.30 bits per heavy atom. The predicted molar refractivity (Wildman–Crippen MR) is 78.7 cm³/mol. The number of rotatable bonds is 1. The molecule has 100 valence electrons. The average molecular weight is 262 g/mol. The van der Waals surface area contributed by atoms with Gasteiger partial charge in [0.2, 0.25) is 0 Å². The van der Waals surface area contributed by atoms with E-state index >= 15 is 0 Å². The van der Waals surface area contributed by atoms with Crippen molar-refractivity contribution in [3.8, 4) is 0 Å². The third kappa shape index (κ3) is 1.27. The minimum atomic E-state index is -0.749. The van der Waals surface area contributed by atoms with Crippen LogP contribution in [0.5, 0.6) is 0 Å². The van der Waals surface area contributed by atoms with Gasteiger partial charge in [-0.1, -0.05) is 48.5 Å². The van der Waals surface area contributed by atoms with E-state index in [1.807, 2.05) is 0 Å². The Morgan fingerprint density at radius 3 is 1.80 bits per heavy atom. The first-order valence-corrected chi connectivity index (χ1v) is 7.71. The van der Waals surface area contributed by atoms with Crippen molar-refractivity contribution in [2.75, 3.05) is 0 Å². The maximum Gasteiger partial charge on any atom is 0.118 e. The topological polar surface area (TPSA) is 20.2 Å². The molecule has 0 aliphatic heterocycles. The van der Waals surface area contributed by atoms with E-state index in [-0.39, 0.29) is 0 Å². The van der Waals surface area contributed by atoms with Crippen LogP contribution in [0.3, 0.4) is 0 Å². The molecule has 2 saturated carbocycles. The Balaban J connectivity index is 1.86. The van der Waals surface area contributed by atoms with E-state index in [1.165, 1.54) is 28.7 Å². The third-order valence-corrected chi connectivity index (χ3v) is 5.50. The summed E-state index contributed by atoms with van der Waals surface area (Å²) < 4.78 is 0. The highest BCUT2D eigenvalue weighted by molar-refractivity contribution is 5.55. The molecule has 0 saturated heterocycles. The summed E-state index contributed by atoms with van der Waals surface area (Å²) in [7, 11) is 0. The van der Waals surface area contributed by atoms with Crippen molar-refractivity contribution in [3.63, 3.8) is 0 Å². The van der Waals surface area contributed by atoms with Gasteiger partial charge in [0, 0.05) is 0 Å². The molecular weight excluding hydrogens is 244 g/mol. The SMILES string of the molecule is OC1(C2CC2)c2ccccc2[C@@H]2C[C@H]2c2ccccc21. The molecule has 0 heterocycles. The molecule has 0 amide bonds. The van der Waals surface area contributed by atoms with Crippen molar-refractivity contribution < 1.29 is 5.11 Å². The minimum Gasteiger partial charge on any atom is -0.380 e. The molecule has 5 rings (SSSR count). The Bertz CT molecular complexity index is 647. The van der Waals surface area contributed by atoms with Crippen molar-refractivity contribution >= 4 is 0 Å². The van der Waals surface area contributed by atoms with Gasteiger partial charge in [0.15, 0.2) is 0 Å². The monoisotopic (exact) mass is 262 g/mol. The van der Waals surface area contributed by atoms with E-state index in [0.717, 1.165) is 12.8 Å². The lowest BCUT2D eigenvalue weighted by Gasteiger charge is -2.32. The smallest absolute Gasteiger partial charge is 0.118 e. The number of hydrogen-bond donors (Lipinski definition) is 1. The summed E-state index contributed by atoms with van der Waals surface area (Å²) in [6.45, 7) is 0. The maximum atomic E-state index is 11.6. The van der Waals surface area contributed by atoms with Gasteiger partial charge in [0.05, 0.1) is 0 Å². The van der Waals surface area contributed by atoms with Gasteiger partial charge >= 0.3 is 0 Å². The quantitative estimate of drug-likeness (QED) is 0.826. The molecule has 2 fully saturated rings. The van der Waals surface area contributed by atoms with Crippen LogP contribution in [0.15, 0.2) is 48.5 Å². The molecule has 2 aromatic rings. The van der Waals surface area contributed by atoms with Crippen LogP contribution in [-0.2, 0) is 5.60 Å². The van der Waals surface area contributed by atoms with Crippen LogP contribution in [0.1, 0.15) is 53.4 Å². The average Bonchev–Trinajstić information content (AvgIpc) is 3.38. The molecule has 1 N–H and O–H groups in total. The van der Waals surface area contributed by atoms with Gasteiger partial charge in [-0.2, -0.15) is 0 Å². The largest absolute Gasteiger partial charge is 0.380 e. The second kappa shape index (κ2) is 3.53. The van der Waals surface area contributed by atoms with Gasteiger partial charge in [-0.3, -0.25) is 0 Å². The highest BCUT2D eigenvalue weighted by Crippen LogP contribution is 2.64. The van der Waals surface area contributed by atoms with Crippen LogP contribution in [-0.4, -0.2) is 5.11 Å². The zero-order valence-electron chi connectivity index (χ0n) is 11.4. The van der Waals surface area contributed by atoms with Crippen LogP contribution in [0.25, 0.3) is 0 Å². The van der Waals surface area contributed by atoms with Gasteiger partial charge in [-0.25, -0.2) is 0 Å². The van der Waals surface area contributed by atoms with Crippen molar-refractivity contribution in [1.29, 1.82) is 0 Å². The second-order valence-electron chi connectivity index (χ2n) is 6.66. The van der Waals surface area contributed by atoms with Gasteiger partial charge in [0.25, 0.3) is 0 Å². The fourth-order valence-electron chi connectivity index (χ4n) is 4.30.